The molecule has 3 aromatic rings. The van der Waals surface area contributed by atoms with Gasteiger partial charge in [0.2, 0.25) is 5.82 Å². The van der Waals surface area contributed by atoms with E-state index in [1.165, 1.54) is 12.1 Å². The van der Waals surface area contributed by atoms with Gasteiger partial charge < -0.3 is 24.2 Å². The molecule has 0 amide bonds. The van der Waals surface area contributed by atoms with Crippen molar-refractivity contribution in [1.82, 2.24) is 20.4 Å². The molecule has 1 aromatic heterocycles. The summed E-state index contributed by atoms with van der Waals surface area (Å²) in [6.45, 7) is 3.26. The van der Waals surface area contributed by atoms with Crippen molar-refractivity contribution in [2.45, 2.75) is 19.4 Å². The monoisotopic (exact) mass is 468 g/mol. The van der Waals surface area contributed by atoms with Crippen molar-refractivity contribution in [3.63, 3.8) is 0 Å². The number of halogens is 1. The molecular formula is C24H25FN4O3S. The van der Waals surface area contributed by atoms with Crippen LogP contribution < -0.4 is 10.1 Å². The predicted octanol–water partition coefficient (Wildman–Crippen LogP) is 4.58. The molecule has 0 bridgehead atoms. The minimum Gasteiger partial charge on any atom is -0.497 e. The fraction of sp³-hybridized carbons (Fsp3) is 0.292. The zero-order valence-corrected chi connectivity index (χ0v) is 19.5. The molecule has 33 heavy (non-hydrogen) atoms. The molecule has 4 rings (SSSR count). The van der Waals surface area contributed by atoms with Gasteiger partial charge in [0.05, 0.1) is 18.7 Å². The van der Waals surface area contributed by atoms with Crippen molar-refractivity contribution < 1.29 is 18.4 Å². The highest BCUT2D eigenvalue weighted by molar-refractivity contribution is 7.80. The number of hydrogen-bond acceptors (Lipinski definition) is 6. The summed E-state index contributed by atoms with van der Waals surface area (Å²) in [6.07, 6.45) is 0.795. The van der Waals surface area contributed by atoms with Gasteiger partial charge in [-0.05, 0) is 55.4 Å². The molecule has 1 atom stereocenters. The summed E-state index contributed by atoms with van der Waals surface area (Å²) in [6, 6.07) is 13.4. The van der Waals surface area contributed by atoms with Crippen LogP contribution in [0.25, 0.3) is 17.0 Å². The third kappa shape index (κ3) is 4.89. The number of ether oxygens (including phenoxy) is 2. The summed E-state index contributed by atoms with van der Waals surface area (Å²) in [7, 11) is 3.28. The van der Waals surface area contributed by atoms with Gasteiger partial charge in [0.25, 0.3) is 5.89 Å². The van der Waals surface area contributed by atoms with E-state index in [1.807, 2.05) is 36.1 Å². The Morgan fingerprint density at radius 3 is 2.70 bits per heavy atom. The molecule has 9 heteroatoms. The van der Waals surface area contributed by atoms with E-state index in [-0.39, 0.29) is 11.9 Å². The Morgan fingerprint density at radius 2 is 1.97 bits per heavy atom. The molecule has 2 aromatic carbocycles. The van der Waals surface area contributed by atoms with E-state index >= 15 is 0 Å². The Labute approximate surface area is 197 Å². The first-order chi connectivity index (χ1) is 16.0. The third-order valence-electron chi connectivity index (χ3n) is 5.51. The number of methoxy groups -OCH3 is 2. The number of thiocarbonyl (C=S) groups is 1. The SMILES string of the molecule is COCCCN1C(=S)NC(c2ccc(F)cc2)C(c2nc(-c3cccc(OC)c3)no2)=C1C. The van der Waals surface area contributed by atoms with Gasteiger partial charge in [0.1, 0.15) is 11.6 Å². The van der Waals surface area contributed by atoms with Crippen LogP contribution in [0.3, 0.4) is 0 Å². The zero-order chi connectivity index (χ0) is 23.4. The maximum atomic E-state index is 13.6. The summed E-state index contributed by atoms with van der Waals surface area (Å²) >= 11 is 5.65. The predicted molar refractivity (Wildman–Crippen MR) is 127 cm³/mol. The van der Waals surface area contributed by atoms with E-state index < -0.39 is 0 Å². The highest BCUT2D eigenvalue weighted by Gasteiger charge is 2.34. The maximum Gasteiger partial charge on any atom is 0.258 e. The maximum absolute atomic E-state index is 13.6. The molecule has 0 saturated carbocycles. The van der Waals surface area contributed by atoms with Gasteiger partial charge >= 0.3 is 0 Å². The second-order valence-electron chi connectivity index (χ2n) is 7.59. The zero-order valence-electron chi connectivity index (χ0n) is 18.7. The molecule has 172 valence electrons. The van der Waals surface area contributed by atoms with E-state index in [2.05, 4.69) is 15.5 Å². The summed E-state index contributed by atoms with van der Waals surface area (Å²) in [5.74, 6) is 1.21. The highest BCUT2D eigenvalue weighted by Crippen LogP contribution is 2.37. The summed E-state index contributed by atoms with van der Waals surface area (Å²) < 4.78 is 29.8. The molecule has 1 aliphatic heterocycles. The molecule has 0 fully saturated rings. The van der Waals surface area contributed by atoms with Crippen LogP contribution in [0.15, 0.2) is 58.8 Å². The summed E-state index contributed by atoms with van der Waals surface area (Å²) in [5, 5.41) is 8.14. The van der Waals surface area contributed by atoms with Gasteiger partial charge in [-0.25, -0.2) is 4.39 Å². The van der Waals surface area contributed by atoms with Crippen LogP contribution in [0, 0.1) is 5.82 Å². The van der Waals surface area contributed by atoms with Crippen LogP contribution in [0.4, 0.5) is 4.39 Å². The number of nitrogens with one attached hydrogen (secondary N) is 1. The van der Waals surface area contributed by atoms with Crippen LogP contribution in [0.2, 0.25) is 0 Å². The lowest BCUT2D eigenvalue weighted by Crippen LogP contribution is -2.46. The quantitative estimate of drug-likeness (QED) is 0.380. The van der Waals surface area contributed by atoms with Gasteiger partial charge in [-0.2, -0.15) is 4.98 Å². The molecule has 0 saturated heterocycles. The second-order valence-corrected chi connectivity index (χ2v) is 7.97. The molecule has 7 nitrogen and oxygen atoms in total. The lowest BCUT2D eigenvalue weighted by atomic mass is 9.94. The number of nitrogens with zero attached hydrogens (tertiary/aromatic N) is 3. The van der Waals surface area contributed by atoms with Crippen molar-refractivity contribution in [1.29, 1.82) is 0 Å². The second kappa shape index (κ2) is 10.1. The van der Waals surface area contributed by atoms with Crippen molar-refractivity contribution in [3.05, 3.63) is 71.5 Å². The Hall–Kier alpha value is -3.30. The van der Waals surface area contributed by atoms with E-state index in [1.54, 1.807) is 26.4 Å². The van der Waals surface area contributed by atoms with Crippen molar-refractivity contribution in [2.75, 3.05) is 27.4 Å². The molecular weight excluding hydrogens is 443 g/mol. The lowest BCUT2D eigenvalue weighted by molar-refractivity contribution is 0.188. The normalized spacial score (nSPS) is 16.2. The van der Waals surface area contributed by atoms with Crippen molar-refractivity contribution in [3.8, 4) is 17.1 Å². The summed E-state index contributed by atoms with van der Waals surface area (Å²) in [4.78, 5) is 6.68. The fourth-order valence-electron chi connectivity index (χ4n) is 3.81. The number of rotatable bonds is 8. The largest absolute Gasteiger partial charge is 0.497 e. The average Bonchev–Trinajstić information content (AvgIpc) is 3.31. The smallest absolute Gasteiger partial charge is 0.258 e. The summed E-state index contributed by atoms with van der Waals surface area (Å²) in [5.41, 5.74) is 3.29. The minimum atomic E-state index is -0.365. The number of allylic oxidation sites excluding steroid dienone is 1. The van der Waals surface area contributed by atoms with E-state index in [0.29, 0.717) is 35.7 Å². The van der Waals surface area contributed by atoms with Gasteiger partial charge in [-0.3, -0.25) is 0 Å². The van der Waals surface area contributed by atoms with E-state index in [0.717, 1.165) is 28.8 Å². The van der Waals surface area contributed by atoms with Gasteiger partial charge in [0.15, 0.2) is 5.11 Å². The molecule has 1 N–H and O–H groups in total. The van der Waals surface area contributed by atoms with Crippen molar-refractivity contribution >= 4 is 22.9 Å². The standard InChI is InChI=1S/C24H25FN4O3S/c1-15-20(23-27-22(28-32-23)17-6-4-7-19(14-17)31-3)21(16-8-10-18(25)11-9-16)26-24(33)29(15)12-5-13-30-2/h4,6-11,14,21H,5,12-13H2,1-3H3,(H,26,33). The Kier molecular flexibility index (Phi) is 7.00. The first kappa shape index (κ1) is 22.9. The van der Waals surface area contributed by atoms with Gasteiger partial charge in [-0.1, -0.05) is 29.4 Å². The number of benzene rings is 2. The number of aromatic nitrogens is 2. The van der Waals surface area contributed by atoms with Gasteiger partial charge in [0, 0.05) is 31.5 Å². The lowest BCUT2D eigenvalue weighted by Gasteiger charge is -2.37. The van der Waals surface area contributed by atoms with Crippen LogP contribution in [0.5, 0.6) is 5.75 Å². The topological polar surface area (TPSA) is 72.7 Å². The van der Waals surface area contributed by atoms with E-state index in [4.69, 9.17) is 26.2 Å². The van der Waals surface area contributed by atoms with Crippen LogP contribution in [-0.2, 0) is 4.74 Å². The molecule has 0 spiro atoms. The van der Waals surface area contributed by atoms with Crippen LogP contribution >= 0.6 is 12.2 Å². The third-order valence-corrected chi connectivity index (χ3v) is 5.85. The minimum absolute atomic E-state index is 0.307. The van der Waals surface area contributed by atoms with Crippen molar-refractivity contribution in [2.24, 2.45) is 0 Å². The molecule has 1 unspecified atom stereocenters. The fourth-order valence-corrected chi connectivity index (χ4v) is 4.16. The highest BCUT2D eigenvalue weighted by atomic mass is 32.1. The Bertz CT molecular complexity index is 1160. The Morgan fingerprint density at radius 1 is 1.18 bits per heavy atom. The van der Waals surface area contributed by atoms with Gasteiger partial charge in [-0.15, -0.1) is 0 Å². The first-order valence-electron chi connectivity index (χ1n) is 10.5. The Balaban J connectivity index is 1.76. The molecule has 0 radical (unpaired) electrons. The molecule has 2 heterocycles. The van der Waals surface area contributed by atoms with Crippen LogP contribution in [0.1, 0.15) is 30.8 Å². The van der Waals surface area contributed by atoms with Crippen LogP contribution in [-0.4, -0.2) is 47.5 Å². The first-order valence-corrected chi connectivity index (χ1v) is 10.9. The molecule has 1 aliphatic rings. The molecule has 0 aliphatic carbocycles. The van der Waals surface area contributed by atoms with E-state index in [9.17, 15) is 4.39 Å². The number of hydrogen-bond donors (Lipinski definition) is 1. The average molecular weight is 469 g/mol.